The van der Waals surface area contributed by atoms with Crippen LogP contribution in [0.2, 0.25) is 0 Å². The number of carbonyl (C=O) groups is 2. The molecule has 0 aromatic heterocycles. The van der Waals surface area contributed by atoms with Crippen LogP contribution in [0, 0.1) is 11.6 Å². The number of halogens is 2. The maximum absolute atomic E-state index is 12.7. The second kappa shape index (κ2) is 4.69. The monoisotopic (exact) mass is 229 g/mol. The highest BCUT2D eigenvalue weighted by Crippen LogP contribution is 2.10. The standard InChI is InChI=1S/C10H9F2NO3/c1-5(9(13)14)16-10(15)6-2-7(11)4-8(12)3-6/h2-5H,1H3,(H2,13,14)/t5-/m0/s1. The van der Waals surface area contributed by atoms with Crippen molar-refractivity contribution in [3.63, 3.8) is 0 Å². The summed E-state index contributed by atoms with van der Waals surface area (Å²) in [6.45, 7) is 1.26. The number of ether oxygens (including phenoxy) is 1. The summed E-state index contributed by atoms with van der Waals surface area (Å²) in [7, 11) is 0. The molecule has 0 aliphatic heterocycles. The number of primary amides is 1. The first-order valence-corrected chi connectivity index (χ1v) is 4.36. The van der Waals surface area contributed by atoms with Crippen molar-refractivity contribution in [1.82, 2.24) is 0 Å². The molecule has 16 heavy (non-hydrogen) atoms. The maximum atomic E-state index is 12.7. The second-order valence-electron chi connectivity index (χ2n) is 3.11. The molecule has 0 saturated heterocycles. The molecule has 1 amide bonds. The SMILES string of the molecule is C[C@H](OC(=O)c1cc(F)cc(F)c1)C(N)=O. The van der Waals surface area contributed by atoms with Crippen LogP contribution in [0.15, 0.2) is 18.2 Å². The maximum Gasteiger partial charge on any atom is 0.339 e. The minimum absolute atomic E-state index is 0.314. The molecule has 0 heterocycles. The summed E-state index contributed by atoms with van der Waals surface area (Å²) in [6.07, 6.45) is -1.15. The highest BCUT2D eigenvalue weighted by atomic mass is 19.1. The van der Waals surface area contributed by atoms with Crippen LogP contribution in [0.25, 0.3) is 0 Å². The summed E-state index contributed by atoms with van der Waals surface area (Å²) >= 11 is 0. The topological polar surface area (TPSA) is 69.4 Å². The molecule has 0 aliphatic carbocycles. The van der Waals surface area contributed by atoms with Gasteiger partial charge in [-0.1, -0.05) is 0 Å². The van der Waals surface area contributed by atoms with E-state index in [1.54, 1.807) is 0 Å². The molecular formula is C10H9F2NO3. The molecule has 0 radical (unpaired) electrons. The lowest BCUT2D eigenvalue weighted by atomic mass is 10.2. The third-order valence-electron chi connectivity index (χ3n) is 1.78. The first kappa shape index (κ1) is 12.1. The van der Waals surface area contributed by atoms with Gasteiger partial charge >= 0.3 is 5.97 Å². The zero-order chi connectivity index (χ0) is 12.3. The predicted octanol–water partition coefficient (Wildman–Crippen LogP) is 0.995. The van der Waals surface area contributed by atoms with Crippen molar-refractivity contribution in [3.8, 4) is 0 Å². The zero-order valence-electron chi connectivity index (χ0n) is 8.37. The van der Waals surface area contributed by atoms with Gasteiger partial charge in [0.25, 0.3) is 5.91 Å². The third-order valence-corrected chi connectivity index (χ3v) is 1.78. The summed E-state index contributed by atoms with van der Waals surface area (Å²) < 4.78 is 30.1. The summed E-state index contributed by atoms with van der Waals surface area (Å²) in [6, 6.07) is 2.23. The molecule has 0 spiro atoms. The molecule has 1 atom stereocenters. The number of rotatable bonds is 3. The van der Waals surface area contributed by atoms with Crippen LogP contribution >= 0.6 is 0 Å². The molecule has 1 rings (SSSR count). The fraction of sp³-hybridized carbons (Fsp3) is 0.200. The first-order valence-electron chi connectivity index (χ1n) is 4.36. The van der Waals surface area contributed by atoms with Crippen molar-refractivity contribution in [1.29, 1.82) is 0 Å². The van der Waals surface area contributed by atoms with E-state index < -0.39 is 29.6 Å². The van der Waals surface area contributed by atoms with Gasteiger partial charge in [0.15, 0.2) is 6.10 Å². The molecule has 1 aromatic rings. The average molecular weight is 229 g/mol. The van der Waals surface area contributed by atoms with Crippen molar-refractivity contribution in [2.75, 3.05) is 0 Å². The number of hydrogen-bond donors (Lipinski definition) is 1. The van der Waals surface area contributed by atoms with E-state index in [4.69, 9.17) is 5.73 Å². The third kappa shape index (κ3) is 3.01. The molecule has 4 nitrogen and oxygen atoms in total. The molecule has 0 aliphatic rings. The normalized spacial score (nSPS) is 11.9. The Morgan fingerprint density at radius 2 is 1.75 bits per heavy atom. The van der Waals surface area contributed by atoms with Gasteiger partial charge in [0.2, 0.25) is 0 Å². The zero-order valence-corrected chi connectivity index (χ0v) is 8.37. The van der Waals surface area contributed by atoms with E-state index in [-0.39, 0.29) is 5.56 Å². The number of nitrogens with two attached hydrogens (primary N) is 1. The molecular weight excluding hydrogens is 220 g/mol. The lowest BCUT2D eigenvalue weighted by Gasteiger charge is -2.09. The first-order chi connectivity index (χ1) is 7.40. The van der Waals surface area contributed by atoms with Gasteiger partial charge in [-0.3, -0.25) is 4.79 Å². The van der Waals surface area contributed by atoms with Gasteiger partial charge < -0.3 is 10.5 Å². The van der Waals surface area contributed by atoms with Gasteiger partial charge in [0, 0.05) is 6.07 Å². The van der Waals surface area contributed by atoms with Crippen LogP contribution < -0.4 is 5.73 Å². The largest absolute Gasteiger partial charge is 0.449 e. The highest BCUT2D eigenvalue weighted by molar-refractivity contribution is 5.91. The second-order valence-corrected chi connectivity index (χ2v) is 3.11. The van der Waals surface area contributed by atoms with E-state index >= 15 is 0 Å². The minimum atomic E-state index is -1.15. The van der Waals surface area contributed by atoms with E-state index in [1.165, 1.54) is 6.92 Å². The Kier molecular flexibility index (Phi) is 3.55. The van der Waals surface area contributed by atoms with Gasteiger partial charge in [0.05, 0.1) is 5.56 Å². The van der Waals surface area contributed by atoms with Gasteiger partial charge in [-0.2, -0.15) is 0 Å². The van der Waals surface area contributed by atoms with Crippen LogP contribution in [0.4, 0.5) is 8.78 Å². The Bertz CT molecular complexity index is 414. The van der Waals surface area contributed by atoms with Crippen LogP contribution in [-0.2, 0) is 9.53 Å². The number of carbonyl (C=O) groups excluding carboxylic acids is 2. The van der Waals surface area contributed by atoms with Crippen molar-refractivity contribution >= 4 is 11.9 Å². The molecule has 86 valence electrons. The van der Waals surface area contributed by atoms with Gasteiger partial charge in [-0.15, -0.1) is 0 Å². The summed E-state index contributed by atoms with van der Waals surface area (Å²) in [5.41, 5.74) is 4.54. The van der Waals surface area contributed by atoms with Crippen molar-refractivity contribution in [3.05, 3.63) is 35.4 Å². The number of esters is 1. The number of benzene rings is 1. The van der Waals surface area contributed by atoms with Gasteiger partial charge in [-0.05, 0) is 19.1 Å². The van der Waals surface area contributed by atoms with Crippen molar-refractivity contribution < 1.29 is 23.1 Å². The minimum Gasteiger partial charge on any atom is -0.449 e. The summed E-state index contributed by atoms with van der Waals surface area (Å²) in [5.74, 6) is -3.66. The average Bonchev–Trinajstić information content (AvgIpc) is 2.15. The quantitative estimate of drug-likeness (QED) is 0.786. The Morgan fingerprint density at radius 1 is 1.25 bits per heavy atom. The van der Waals surface area contributed by atoms with Crippen molar-refractivity contribution in [2.45, 2.75) is 13.0 Å². The fourth-order valence-electron chi connectivity index (χ4n) is 0.958. The predicted molar refractivity (Wildman–Crippen MR) is 50.4 cm³/mol. The Labute approximate surface area is 90.0 Å². The molecule has 6 heteroatoms. The molecule has 0 bridgehead atoms. The molecule has 2 N–H and O–H groups in total. The van der Waals surface area contributed by atoms with E-state index in [0.717, 1.165) is 12.1 Å². The van der Waals surface area contributed by atoms with E-state index in [9.17, 15) is 18.4 Å². The van der Waals surface area contributed by atoms with Gasteiger partial charge in [-0.25, -0.2) is 13.6 Å². The van der Waals surface area contributed by atoms with Crippen LogP contribution in [0.3, 0.4) is 0 Å². The molecule has 0 unspecified atom stereocenters. The molecule has 0 saturated carbocycles. The number of hydrogen-bond acceptors (Lipinski definition) is 3. The van der Waals surface area contributed by atoms with E-state index in [0.29, 0.717) is 6.07 Å². The summed E-state index contributed by atoms with van der Waals surface area (Å²) in [4.78, 5) is 21.9. The molecule has 1 aromatic carbocycles. The fourth-order valence-corrected chi connectivity index (χ4v) is 0.958. The van der Waals surface area contributed by atoms with Gasteiger partial charge in [0.1, 0.15) is 11.6 Å². The van der Waals surface area contributed by atoms with Crippen LogP contribution in [0.5, 0.6) is 0 Å². The van der Waals surface area contributed by atoms with E-state index in [2.05, 4.69) is 4.74 Å². The van der Waals surface area contributed by atoms with Crippen molar-refractivity contribution in [2.24, 2.45) is 5.73 Å². The van der Waals surface area contributed by atoms with E-state index in [1.807, 2.05) is 0 Å². The lowest BCUT2D eigenvalue weighted by molar-refractivity contribution is -0.125. The van der Waals surface area contributed by atoms with Crippen LogP contribution in [-0.4, -0.2) is 18.0 Å². The smallest absolute Gasteiger partial charge is 0.339 e. The lowest BCUT2D eigenvalue weighted by Crippen LogP contribution is -2.30. The Hall–Kier alpha value is -1.98. The number of amides is 1. The highest BCUT2D eigenvalue weighted by Gasteiger charge is 2.17. The molecule has 0 fully saturated rings. The Morgan fingerprint density at radius 3 is 2.19 bits per heavy atom. The Balaban J connectivity index is 2.84. The van der Waals surface area contributed by atoms with Crippen LogP contribution in [0.1, 0.15) is 17.3 Å². The summed E-state index contributed by atoms with van der Waals surface area (Å²) in [5, 5.41) is 0.